The minimum absolute atomic E-state index is 0.0104. The van der Waals surface area contributed by atoms with Crippen LogP contribution in [-0.2, 0) is 11.2 Å². The molecule has 6 nitrogen and oxygen atoms in total. The number of rotatable bonds is 7. The molecule has 0 bridgehead atoms. The van der Waals surface area contributed by atoms with Gasteiger partial charge in [-0.1, -0.05) is 36.4 Å². The van der Waals surface area contributed by atoms with E-state index in [-0.39, 0.29) is 12.5 Å². The van der Waals surface area contributed by atoms with Gasteiger partial charge in [-0.2, -0.15) is 5.10 Å². The predicted molar refractivity (Wildman–Crippen MR) is 117 cm³/mol. The van der Waals surface area contributed by atoms with Crippen LogP contribution in [0.2, 0.25) is 0 Å². The van der Waals surface area contributed by atoms with Gasteiger partial charge >= 0.3 is 0 Å². The smallest absolute Gasteiger partial charge is 0.257 e. The summed E-state index contributed by atoms with van der Waals surface area (Å²) in [7, 11) is 0. The van der Waals surface area contributed by atoms with Crippen LogP contribution in [0.25, 0.3) is 16.6 Å². The van der Waals surface area contributed by atoms with Crippen molar-refractivity contribution in [3.8, 4) is 11.6 Å². The Morgan fingerprint density at radius 2 is 1.83 bits per heavy atom. The lowest BCUT2D eigenvalue weighted by atomic mass is 10.1. The SMILES string of the molecule is Cc1nn(-c2ccccn2)c(C)c1CCNC(=O)COc1ccc2ccccc2c1. The minimum atomic E-state index is -0.143. The first-order chi connectivity index (χ1) is 14.6. The summed E-state index contributed by atoms with van der Waals surface area (Å²) in [5.74, 6) is 1.33. The molecule has 6 heteroatoms. The van der Waals surface area contributed by atoms with E-state index in [0.717, 1.165) is 33.5 Å². The molecule has 0 aliphatic rings. The van der Waals surface area contributed by atoms with Crippen LogP contribution in [0.3, 0.4) is 0 Å². The highest BCUT2D eigenvalue weighted by Gasteiger charge is 2.13. The summed E-state index contributed by atoms with van der Waals surface area (Å²) in [4.78, 5) is 16.6. The Bertz CT molecular complexity index is 1170. The number of carbonyl (C=O) groups excluding carboxylic acids is 1. The fraction of sp³-hybridized carbons (Fsp3) is 0.208. The number of aryl methyl sites for hydroxylation is 1. The summed E-state index contributed by atoms with van der Waals surface area (Å²) in [5.41, 5.74) is 3.10. The van der Waals surface area contributed by atoms with Crippen molar-refractivity contribution in [2.24, 2.45) is 0 Å². The molecule has 0 aliphatic heterocycles. The summed E-state index contributed by atoms with van der Waals surface area (Å²) >= 11 is 0. The van der Waals surface area contributed by atoms with Gasteiger partial charge < -0.3 is 10.1 Å². The van der Waals surface area contributed by atoms with E-state index in [1.54, 1.807) is 6.20 Å². The van der Waals surface area contributed by atoms with Gasteiger partial charge in [0, 0.05) is 18.4 Å². The molecule has 0 radical (unpaired) electrons. The molecule has 30 heavy (non-hydrogen) atoms. The standard InChI is InChI=1S/C24H24N4O2/c1-17-22(18(2)28(27-17)23-9-5-6-13-25-23)12-14-26-24(29)16-30-21-11-10-19-7-3-4-8-20(19)15-21/h3-11,13,15H,12,14,16H2,1-2H3,(H,26,29). The predicted octanol–water partition coefficient (Wildman–Crippen LogP) is 3.78. The van der Waals surface area contributed by atoms with Gasteiger partial charge in [0.15, 0.2) is 12.4 Å². The fourth-order valence-corrected chi connectivity index (χ4v) is 3.52. The Hall–Kier alpha value is -3.67. The molecule has 0 unspecified atom stereocenters. The number of hydrogen-bond donors (Lipinski definition) is 1. The van der Waals surface area contributed by atoms with Crippen LogP contribution in [0, 0.1) is 13.8 Å². The van der Waals surface area contributed by atoms with E-state index in [4.69, 9.17) is 4.74 Å². The third-order valence-electron chi connectivity index (χ3n) is 5.10. The normalized spacial score (nSPS) is 10.9. The molecule has 2 aromatic carbocycles. The number of benzene rings is 2. The molecule has 0 fully saturated rings. The molecule has 1 amide bonds. The maximum atomic E-state index is 12.2. The van der Waals surface area contributed by atoms with Crippen LogP contribution in [0.1, 0.15) is 17.0 Å². The second-order valence-electron chi connectivity index (χ2n) is 7.15. The molecule has 0 atom stereocenters. The number of amides is 1. The lowest BCUT2D eigenvalue weighted by molar-refractivity contribution is -0.123. The van der Waals surface area contributed by atoms with E-state index < -0.39 is 0 Å². The molecule has 1 N–H and O–H groups in total. The first-order valence-corrected chi connectivity index (χ1v) is 9.96. The molecule has 0 aliphatic carbocycles. The summed E-state index contributed by atoms with van der Waals surface area (Å²) < 4.78 is 7.49. The lowest BCUT2D eigenvalue weighted by Gasteiger charge is -2.09. The van der Waals surface area contributed by atoms with Gasteiger partial charge in [0.2, 0.25) is 0 Å². The molecule has 2 heterocycles. The zero-order valence-electron chi connectivity index (χ0n) is 17.1. The van der Waals surface area contributed by atoms with E-state index in [9.17, 15) is 4.79 Å². The summed E-state index contributed by atoms with van der Waals surface area (Å²) in [5, 5.41) is 9.76. The third kappa shape index (κ3) is 4.33. The van der Waals surface area contributed by atoms with Gasteiger partial charge in [-0.25, -0.2) is 9.67 Å². The van der Waals surface area contributed by atoms with Crippen LogP contribution >= 0.6 is 0 Å². The van der Waals surface area contributed by atoms with Crippen LogP contribution in [0.5, 0.6) is 5.75 Å². The molecule has 2 aromatic heterocycles. The maximum absolute atomic E-state index is 12.2. The van der Waals surface area contributed by atoms with Gasteiger partial charge in [-0.05, 0) is 60.9 Å². The van der Waals surface area contributed by atoms with Gasteiger partial charge in [0.1, 0.15) is 5.75 Å². The molecular formula is C24H24N4O2. The van der Waals surface area contributed by atoms with Gasteiger partial charge in [0.05, 0.1) is 5.69 Å². The Balaban J connectivity index is 1.31. The Morgan fingerprint density at radius 3 is 2.63 bits per heavy atom. The topological polar surface area (TPSA) is 69.0 Å². The van der Waals surface area contributed by atoms with Crippen molar-refractivity contribution in [3.63, 3.8) is 0 Å². The number of ether oxygens (including phenoxy) is 1. The molecular weight excluding hydrogens is 376 g/mol. The van der Waals surface area contributed by atoms with Crippen molar-refractivity contribution < 1.29 is 9.53 Å². The first kappa shape index (κ1) is 19.6. The second-order valence-corrected chi connectivity index (χ2v) is 7.15. The zero-order chi connectivity index (χ0) is 20.9. The van der Waals surface area contributed by atoms with Crippen molar-refractivity contribution >= 4 is 16.7 Å². The Labute approximate surface area is 175 Å². The Morgan fingerprint density at radius 1 is 1.03 bits per heavy atom. The van der Waals surface area contributed by atoms with Gasteiger partial charge in [-0.15, -0.1) is 0 Å². The summed E-state index contributed by atoms with van der Waals surface area (Å²) in [6, 6.07) is 19.6. The Kier molecular flexibility index (Phi) is 5.75. The van der Waals surface area contributed by atoms with E-state index in [0.29, 0.717) is 18.7 Å². The second kappa shape index (κ2) is 8.78. The molecule has 4 aromatic rings. The van der Waals surface area contributed by atoms with Crippen molar-refractivity contribution in [3.05, 3.63) is 83.8 Å². The molecule has 0 saturated carbocycles. The number of hydrogen-bond acceptors (Lipinski definition) is 4. The van der Waals surface area contributed by atoms with Gasteiger partial charge in [0.25, 0.3) is 5.91 Å². The summed E-state index contributed by atoms with van der Waals surface area (Å²) in [6.07, 6.45) is 2.45. The maximum Gasteiger partial charge on any atom is 0.257 e. The summed E-state index contributed by atoms with van der Waals surface area (Å²) in [6.45, 7) is 4.51. The van der Waals surface area contributed by atoms with Crippen molar-refractivity contribution in [2.45, 2.75) is 20.3 Å². The van der Waals surface area contributed by atoms with Crippen LogP contribution in [-0.4, -0.2) is 33.8 Å². The van der Waals surface area contributed by atoms with E-state index in [1.165, 1.54) is 0 Å². The largest absolute Gasteiger partial charge is 0.484 e. The van der Waals surface area contributed by atoms with Gasteiger partial charge in [-0.3, -0.25) is 4.79 Å². The lowest BCUT2D eigenvalue weighted by Crippen LogP contribution is -2.30. The average molecular weight is 400 g/mol. The van der Waals surface area contributed by atoms with Crippen LogP contribution < -0.4 is 10.1 Å². The van der Waals surface area contributed by atoms with Crippen molar-refractivity contribution in [1.29, 1.82) is 0 Å². The minimum Gasteiger partial charge on any atom is -0.484 e. The average Bonchev–Trinajstić information content (AvgIpc) is 3.06. The highest BCUT2D eigenvalue weighted by Crippen LogP contribution is 2.20. The molecule has 152 valence electrons. The molecule has 4 rings (SSSR count). The van der Waals surface area contributed by atoms with Crippen LogP contribution in [0.4, 0.5) is 0 Å². The van der Waals surface area contributed by atoms with E-state index in [2.05, 4.69) is 15.4 Å². The number of carbonyl (C=O) groups is 1. The monoisotopic (exact) mass is 400 g/mol. The number of pyridine rings is 1. The van der Waals surface area contributed by atoms with Crippen LogP contribution in [0.15, 0.2) is 66.9 Å². The number of nitrogens with one attached hydrogen (secondary N) is 1. The zero-order valence-corrected chi connectivity index (χ0v) is 17.1. The highest BCUT2D eigenvalue weighted by atomic mass is 16.5. The van der Waals surface area contributed by atoms with Crippen molar-refractivity contribution in [2.75, 3.05) is 13.2 Å². The number of fused-ring (bicyclic) bond motifs is 1. The highest BCUT2D eigenvalue weighted by molar-refractivity contribution is 5.84. The number of nitrogens with zero attached hydrogens (tertiary/aromatic N) is 3. The van der Waals surface area contributed by atoms with E-state index >= 15 is 0 Å². The fourth-order valence-electron chi connectivity index (χ4n) is 3.52. The third-order valence-corrected chi connectivity index (χ3v) is 5.10. The molecule has 0 spiro atoms. The van der Waals surface area contributed by atoms with E-state index in [1.807, 2.05) is 79.2 Å². The molecule has 0 saturated heterocycles. The quantitative estimate of drug-likeness (QED) is 0.513. The number of aromatic nitrogens is 3. The van der Waals surface area contributed by atoms with Crippen molar-refractivity contribution in [1.82, 2.24) is 20.1 Å². The first-order valence-electron chi connectivity index (χ1n) is 9.96.